The molecule has 0 atom stereocenters. The lowest BCUT2D eigenvalue weighted by Gasteiger charge is -2.36. The summed E-state index contributed by atoms with van der Waals surface area (Å²) < 4.78 is 5.28. The molecule has 3 rings (SSSR count). The summed E-state index contributed by atoms with van der Waals surface area (Å²) >= 11 is 0. The molecule has 0 N–H and O–H groups in total. The third-order valence-electron chi connectivity index (χ3n) is 4.98. The van der Waals surface area contributed by atoms with Crippen LogP contribution in [0.4, 0.5) is 5.69 Å². The number of Topliss-reactive ketones (excluding diaryl/α,β-unsaturated/α-hetero) is 1. The molecule has 1 saturated heterocycles. The minimum Gasteiger partial charge on any atom is -0.496 e. The van der Waals surface area contributed by atoms with Crippen molar-refractivity contribution in [2.24, 2.45) is 0 Å². The predicted molar refractivity (Wildman–Crippen MR) is 107 cm³/mol. The first-order chi connectivity index (χ1) is 13.1. The molecule has 2 aromatic rings. The number of benzene rings is 2. The van der Waals surface area contributed by atoms with Crippen molar-refractivity contribution in [2.75, 3.05) is 38.2 Å². The van der Waals surface area contributed by atoms with Gasteiger partial charge in [-0.3, -0.25) is 9.59 Å². The van der Waals surface area contributed by atoms with Crippen LogP contribution < -0.4 is 9.64 Å². The van der Waals surface area contributed by atoms with Gasteiger partial charge >= 0.3 is 0 Å². The first-order valence-corrected chi connectivity index (χ1v) is 9.34. The highest BCUT2D eigenvalue weighted by molar-refractivity contribution is 6.00. The van der Waals surface area contributed by atoms with Gasteiger partial charge in [-0.15, -0.1) is 0 Å². The van der Waals surface area contributed by atoms with Crippen molar-refractivity contribution in [1.82, 2.24) is 4.90 Å². The Morgan fingerprint density at radius 3 is 2.33 bits per heavy atom. The van der Waals surface area contributed by atoms with Gasteiger partial charge in [0.15, 0.2) is 5.78 Å². The smallest absolute Gasteiger partial charge is 0.223 e. The predicted octanol–water partition coefficient (Wildman–Crippen LogP) is 3.32. The van der Waals surface area contributed by atoms with Crippen molar-refractivity contribution in [1.29, 1.82) is 0 Å². The van der Waals surface area contributed by atoms with Gasteiger partial charge in [0.25, 0.3) is 0 Å². The molecule has 1 aliphatic heterocycles. The van der Waals surface area contributed by atoms with Crippen molar-refractivity contribution in [3.63, 3.8) is 0 Å². The highest BCUT2D eigenvalue weighted by Gasteiger charge is 2.22. The molecule has 1 fully saturated rings. The lowest BCUT2D eigenvalue weighted by molar-refractivity contribution is -0.131. The van der Waals surface area contributed by atoms with Gasteiger partial charge in [0.1, 0.15) is 5.75 Å². The number of para-hydroxylation sites is 1. The second-order valence-electron chi connectivity index (χ2n) is 6.83. The largest absolute Gasteiger partial charge is 0.496 e. The van der Waals surface area contributed by atoms with Crippen LogP contribution in [0.5, 0.6) is 5.75 Å². The summed E-state index contributed by atoms with van der Waals surface area (Å²) in [5, 5.41) is 0. The zero-order chi connectivity index (χ0) is 19.2. The van der Waals surface area contributed by atoms with Crippen molar-refractivity contribution >= 4 is 17.4 Å². The Balaban J connectivity index is 1.52. The van der Waals surface area contributed by atoms with Gasteiger partial charge in [-0.2, -0.15) is 0 Å². The summed E-state index contributed by atoms with van der Waals surface area (Å²) in [6.07, 6.45) is 0.443. The molecular weight excluding hydrogens is 340 g/mol. The second kappa shape index (κ2) is 8.71. The monoisotopic (exact) mass is 366 g/mol. The van der Waals surface area contributed by atoms with E-state index in [0.29, 0.717) is 24.4 Å². The molecule has 5 nitrogen and oxygen atoms in total. The molecule has 0 unspecified atom stereocenters. The van der Waals surface area contributed by atoms with E-state index in [1.807, 2.05) is 42.2 Å². The number of hydrogen-bond donors (Lipinski definition) is 0. The maximum absolute atomic E-state index is 12.5. The van der Waals surface area contributed by atoms with E-state index < -0.39 is 0 Å². The fraction of sp³-hybridized carbons (Fsp3) is 0.364. The highest BCUT2D eigenvalue weighted by atomic mass is 16.5. The summed E-state index contributed by atoms with van der Waals surface area (Å²) in [5.74, 6) is 0.559. The number of rotatable bonds is 6. The minimum atomic E-state index is -0.0492. The number of nitrogens with zero attached hydrogens (tertiary/aromatic N) is 2. The van der Waals surface area contributed by atoms with Crippen LogP contribution in [0.15, 0.2) is 48.5 Å². The number of hydrogen-bond acceptors (Lipinski definition) is 4. The third kappa shape index (κ3) is 4.67. The van der Waals surface area contributed by atoms with Crippen LogP contribution in [-0.2, 0) is 4.79 Å². The van der Waals surface area contributed by atoms with Gasteiger partial charge in [-0.25, -0.2) is 0 Å². The van der Waals surface area contributed by atoms with Gasteiger partial charge in [0.05, 0.1) is 12.7 Å². The molecule has 0 aromatic heterocycles. The average Bonchev–Trinajstić information content (AvgIpc) is 2.72. The Morgan fingerprint density at radius 1 is 0.963 bits per heavy atom. The van der Waals surface area contributed by atoms with E-state index in [2.05, 4.69) is 17.0 Å². The van der Waals surface area contributed by atoms with E-state index in [1.54, 1.807) is 13.2 Å². The van der Waals surface area contributed by atoms with E-state index in [0.717, 1.165) is 18.7 Å². The van der Waals surface area contributed by atoms with Crippen LogP contribution in [0.2, 0.25) is 0 Å². The normalized spacial score (nSPS) is 14.1. The SMILES string of the molecule is COc1ccc(C)cc1C(=O)CCC(=O)N1CCN(c2ccccc2)CC1. The number of piperazine rings is 1. The summed E-state index contributed by atoms with van der Waals surface area (Å²) in [7, 11) is 1.55. The maximum atomic E-state index is 12.5. The molecule has 2 aromatic carbocycles. The standard InChI is InChI=1S/C22H26N2O3/c1-17-8-10-21(27-2)19(16-17)20(25)9-11-22(26)24-14-12-23(13-15-24)18-6-4-3-5-7-18/h3-8,10,16H,9,11-15H2,1-2H3. The zero-order valence-electron chi connectivity index (χ0n) is 16.0. The quantitative estimate of drug-likeness (QED) is 0.736. The second-order valence-corrected chi connectivity index (χ2v) is 6.83. The van der Waals surface area contributed by atoms with Crippen molar-refractivity contribution in [3.8, 4) is 5.75 Å². The Labute approximate surface area is 160 Å². The fourth-order valence-corrected chi connectivity index (χ4v) is 3.41. The van der Waals surface area contributed by atoms with Crippen molar-refractivity contribution in [3.05, 3.63) is 59.7 Å². The zero-order valence-corrected chi connectivity index (χ0v) is 16.0. The molecule has 1 amide bonds. The maximum Gasteiger partial charge on any atom is 0.223 e. The Bertz CT molecular complexity index is 796. The summed E-state index contributed by atoms with van der Waals surface area (Å²) in [6.45, 7) is 4.95. The number of methoxy groups -OCH3 is 1. The van der Waals surface area contributed by atoms with Gasteiger partial charge in [-0.1, -0.05) is 29.8 Å². The highest BCUT2D eigenvalue weighted by Crippen LogP contribution is 2.22. The molecule has 1 heterocycles. The van der Waals surface area contributed by atoms with E-state index in [9.17, 15) is 9.59 Å². The Kier molecular flexibility index (Phi) is 6.12. The van der Waals surface area contributed by atoms with E-state index >= 15 is 0 Å². The number of ketones is 1. The van der Waals surface area contributed by atoms with Crippen molar-refractivity contribution in [2.45, 2.75) is 19.8 Å². The van der Waals surface area contributed by atoms with E-state index in [-0.39, 0.29) is 24.5 Å². The fourth-order valence-electron chi connectivity index (χ4n) is 3.41. The molecule has 0 bridgehead atoms. The lowest BCUT2D eigenvalue weighted by Crippen LogP contribution is -2.48. The number of ether oxygens (including phenoxy) is 1. The summed E-state index contributed by atoms with van der Waals surface area (Å²) in [5.41, 5.74) is 2.74. The first-order valence-electron chi connectivity index (χ1n) is 9.34. The average molecular weight is 366 g/mol. The van der Waals surface area contributed by atoms with E-state index in [4.69, 9.17) is 4.74 Å². The van der Waals surface area contributed by atoms with Gasteiger partial charge in [0.2, 0.25) is 5.91 Å². The summed E-state index contributed by atoms with van der Waals surface area (Å²) in [6, 6.07) is 15.8. The van der Waals surface area contributed by atoms with Crippen LogP contribution in [-0.4, -0.2) is 49.9 Å². The van der Waals surface area contributed by atoms with Gasteiger partial charge in [-0.05, 0) is 31.2 Å². The van der Waals surface area contributed by atoms with Crippen molar-refractivity contribution < 1.29 is 14.3 Å². The van der Waals surface area contributed by atoms with Crippen LogP contribution in [0.1, 0.15) is 28.8 Å². The molecule has 0 aliphatic carbocycles. The number of anilines is 1. The molecular formula is C22H26N2O3. The summed E-state index contributed by atoms with van der Waals surface area (Å²) in [4.78, 5) is 29.2. The third-order valence-corrected chi connectivity index (χ3v) is 4.98. The molecule has 142 valence electrons. The molecule has 1 aliphatic rings. The topological polar surface area (TPSA) is 49.9 Å². The van der Waals surface area contributed by atoms with Gasteiger partial charge in [0, 0.05) is 44.7 Å². The van der Waals surface area contributed by atoms with Crippen LogP contribution in [0, 0.1) is 6.92 Å². The van der Waals surface area contributed by atoms with Crippen LogP contribution >= 0.6 is 0 Å². The van der Waals surface area contributed by atoms with E-state index in [1.165, 1.54) is 5.69 Å². The molecule has 0 spiro atoms. The van der Waals surface area contributed by atoms with Gasteiger partial charge < -0.3 is 14.5 Å². The Hall–Kier alpha value is -2.82. The number of amides is 1. The van der Waals surface area contributed by atoms with Crippen LogP contribution in [0.25, 0.3) is 0 Å². The molecule has 0 saturated carbocycles. The number of carbonyl (C=O) groups excluding carboxylic acids is 2. The minimum absolute atomic E-state index is 0.0441. The number of aryl methyl sites for hydroxylation is 1. The number of carbonyl (C=O) groups is 2. The van der Waals surface area contributed by atoms with Crippen LogP contribution in [0.3, 0.4) is 0 Å². The molecule has 27 heavy (non-hydrogen) atoms. The molecule has 0 radical (unpaired) electrons. The first kappa shape index (κ1) is 19.0. The lowest BCUT2D eigenvalue weighted by atomic mass is 10.0. The molecule has 5 heteroatoms. The Morgan fingerprint density at radius 2 is 1.67 bits per heavy atom.